The van der Waals surface area contributed by atoms with Gasteiger partial charge in [0.05, 0.1) is 5.92 Å². The molecule has 1 aliphatic rings. The van der Waals surface area contributed by atoms with Gasteiger partial charge in [0.1, 0.15) is 6.04 Å². The van der Waals surface area contributed by atoms with E-state index >= 15 is 0 Å². The van der Waals surface area contributed by atoms with Gasteiger partial charge in [0.15, 0.2) is 0 Å². The largest absolute Gasteiger partial charge is 0.368 e. The number of carbonyl (C=O) groups is 2. The number of hydrogen-bond acceptors (Lipinski definition) is 3. The van der Waals surface area contributed by atoms with Gasteiger partial charge in [-0.2, -0.15) is 0 Å². The molecule has 0 aromatic heterocycles. The predicted octanol–water partition coefficient (Wildman–Crippen LogP) is -1.02. The summed E-state index contributed by atoms with van der Waals surface area (Å²) in [6, 6.07) is -0.579. The van der Waals surface area contributed by atoms with Gasteiger partial charge in [0.2, 0.25) is 11.8 Å². The molecule has 2 atom stereocenters. The molecule has 4 N–H and O–H groups in total. The fourth-order valence-electron chi connectivity index (χ4n) is 1.48. The van der Waals surface area contributed by atoms with Crippen molar-refractivity contribution in [1.29, 1.82) is 0 Å². The van der Waals surface area contributed by atoms with Crippen LogP contribution in [0.4, 0.5) is 0 Å². The van der Waals surface area contributed by atoms with Crippen LogP contribution in [0.3, 0.4) is 0 Å². The number of carbonyl (C=O) groups excluding carboxylic acids is 2. The molecule has 1 rings (SSSR count). The summed E-state index contributed by atoms with van der Waals surface area (Å²) in [4.78, 5) is 22.3. The molecular formula is C9H17N3O2. The Morgan fingerprint density at radius 2 is 2.29 bits per heavy atom. The molecule has 0 spiro atoms. The lowest BCUT2D eigenvalue weighted by Gasteiger charge is -2.23. The van der Waals surface area contributed by atoms with E-state index in [0.29, 0.717) is 6.54 Å². The lowest BCUT2D eigenvalue weighted by Crippen LogP contribution is -2.47. The van der Waals surface area contributed by atoms with Gasteiger partial charge in [0, 0.05) is 6.54 Å². The maximum atomic E-state index is 11.6. The van der Waals surface area contributed by atoms with E-state index in [-0.39, 0.29) is 11.8 Å². The van der Waals surface area contributed by atoms with E-state index in [9.17, 15) is 9.59 Å². The second kappa shape index (κ2) is 4.95. The first-order valence-electron chi connectivity index (χ1n) is 4.91. The van der Waals surface area contributed by atoms with E-state index in [4.69, 9.17) is 5.73 Å². The Hall–Kier alpha value is -1.10. The Kier molecular flexibility index (Phi) is 3.88. The zero-order valence-electron chi connectivity index (χ0n) is 8.38. The van der Waals surface area contributed by atoms with Crippen molar-refractivity contribution < 1.29 is 9.59 Å². The lowest BCUT2D eigenvalue weighted by molar-refractivity contribution is -0.129. The van der Waals surface area contributed by atoms with Crippen molar-refractivity contribution in [3.63, 3.8) is 0 Å². The van der Waals surface area contributed by atoms with E-state index in [1.54, 1.807) is 6.92 Å². The number of nitrogens with one attached hydrogen (secondary N) is 2. The Balaban J connectivity index is 2.36. The number of hydrogen-bond donors (Lipinski definition) is 3. The first-order chi connectivity index (χ1) is 6.61. The predicted molar refractivity (Wildman–Crippen MR) is 52.4 cm³/mol. The van der Waals surface area contributed by atoms with Crippen LogP contribution in [0.25, 0.3) is 0 Å². The number of nitrogens with two attached hydrogens (primary N) is 1. The fourth-order valence-corrected chi connectivity index (χ4v) is 1.48. The van der Waals surface area contributed by atoms with Gasteiger partial charge in [-0.25, -0.2) is 0 Å². The third kappa shape index (κ3) is 2.99. The summed E-state index contributed by atoms with van der Waals surface area (Å²) in [5, 5.41) is 5.74. The van der Waals surface area contributed by atoms with Gasteiger partial charge in [-0.3, -0.25) is 9.59 Å². The second-order valence-corrected chi connectivity index (χ2v) is 3.68. The van der Waals surface area contributed by atoms with Crippen molar-refractivity contribution in [2.45, 2.75) is 25.8 Å². The molecule has 5 nitrogen and oxygen atoms in total. The summed E-state index contributed by atoms with van der Waals surface area (Å²) in [5.41, 5.74) is 5.04. The molecule has 1 heterocycles. The number of primary amides is 1. The average molecular weight is 199 g/mol. The summed E-state index contributed by atoms with van der Waals surface area (Å²) in [6.45, 7) is 3.25. The molecule has 0 bridgehead atoms. The molecular weight excluding hydrogens is 182 g/mol. The van der Waals surface area contributed by atoms with Crippen LogP contribution in [0.15, 0.2) is 0 Å². The van der Waals surface area contributed by atoms with Gasteiger partial charge in [-0.15, -0.1) is 0 Å². The molecule has 1 saturated heterocycles. The number of rotatable bonds is 3. The highest BCUT2D eigenvalue weighted by Crippen LogP contribution is 2.09. The van der Waals surface area contributed by atoms with Gasteiger partial charge < -0.3 is 16.4 Å². The molecule has 0 aromatic rings. The summed E-state index contributed by atoms with van der Waals surface area (Å²) in [6.07, 6.45) is 1.88. The molecule has 0 aromatic carbocycles. The zero-order chi connectivity index (χ0) is 10.6. The van der Waals surface area contributed by atoms with Crippen molar-refractivity contribution in [2.75, 3.05) is 13.1 Å². The van der Waals surface area contributed by atoms with Crippen LogP contribution in [0.1, 0.15) is 19.8 Å². The van der Waals surface area contributed by atoms with E-state index in [1.165, 1.54) is 0 Å². The van der Waals surface area contributed by atoms with E-state index in [1.807, 2.05) is 0 Å². The summed E-state index contributed by atoms with van der Waals surface area (Å²) < 4.78 is 0. The molecule has 1 fully saturated rings. The normalized spacial score (nSPS) is 23.9. The fraction of sp³-hybridized carbons (Fsp3) is 0.778. The second-order valence-electron chi connectivity index (χ2n) is 3.68. The Morgan fingerprint density at radius 3 is 2.79 bits per heavy atom. The Morgan fingerprint density at radius 1 is 1.57 bits per heavy atom. The first kappa shape index (κ1) is 11.0. The molecule has 2 amide bonds. The van der Waals surface area contributed by atoms with Gasteiger partial charge in [0.25, 0.3) is 0 Å². The monoisotopic (exact) mass is 199 g/mol. The van der Waals surface area contributed by atoms with Crippen LogP contribution in [-0.2, 0) is 9.59 Å². The van der Waals surface area contributed by atoms with Crippen molar-refractivity contribution in [3.8, 4) is 0 Å². The van der Waals surface area contributed by atoms with E-state index < -0.39 is 11.9 Å². The van der Waals surface area contributed by atoms with E-state index in [2.05, 4.69) is 10.6 Å². The minimum atomic E-state index is -0.579. The van der Waals surface area contributed by atoms with Crippen molar-refractivity contribution >= 4 is 11.8 Å². The van der Waals surface area contributed by atoms with Crippen LogP contribution in [0, 0.1) is 5.92 Å². The first-order valence-corrected chi connectivity index (χ1v) is 4.91. The molecule has 1 aliphatic heterocycles. The molecule has 0 aliphatic carbocycles. The number of piperidine rings is 1. The highest BCUT2D eigenvalue weighted by molar-refractivity contribution is 5.87. The van der Waals surface area contributed by atoms with Crippen molar-refractivity contribution in [2.24, 2.45) is 11.7 Å². The highest BCUT2D eigenvalue weighted by Gasteiger charge is 2.23. The molecule has 5 heteroatoms. The Bertz CT molecular complexity index is 224. The molecule has 1 unspecified atom stereocenters. The van der Waals surface area contributed by atoms with Crippen molar-refractivity contribution in [1.82, 2.24) is 10.6 Å². The van der Waals surface area contributed by atoms with Crippen LogP contribution in [0.2, 0.25) is 0 Å². The molecule has 0 saturated carbocycles. The standard InChI is InChI=1S/C9H17N3O2/c1-6(8(10)13)12-9(14)7-3-2-4-11-5-7/h6-7,11H,2-5H2,1H3,(H2,10,13)(H,12,14)/t6-,7?/m0/s1. The minimum absolute atomic E-state index is 0.0226. The topological polar surface area (TPSA) is 84.2 Å². The smallest absolute Gasteiger partial charge is 0.239 e. The van der Waals surface area contributed by atoms with Crippen LogP contribution in [0.5, 0.6) is 0 Å². The molecule has 14 heavy (non-hydrogen) atoms. The summed E-state index contributed by atoms with van der Waals surface area (Å²) in [7, 11) is 0. The van der Waals surface area contributed by atoms with Crippen LogP contribution < -0.4 is 16.4 Å². The van der Waals surface area contributed by atoms with Crippen molar-refractivity contribution in [3.05, 3.63) is 0 Å². The summed E-state index contributed by atoms with van der Waals surface area (Å²) >= 11 is 0. The molecule has 80 valence electrons. The third-order valence-electron chi connectivity index (χ3n) is 2.45. The maximum absolute atomic E-state index is 11.6. The lowest BCUT2D eigenvalue weighted by atomic mass is 9.98. The average Bonchev–Trinajstić information content (AvgIpc) is 2.19. The van der Waals surface area contributed by atoms with Gasteiger partial charge in [-0.1, -0.05) is 0 Å². The van der Waals surface area contributed by atoms with Gasteiger partial charge >= 0.3 is 0 Å². The molecule has 0 radical (unpaired) electrons. The quantitative estimate of drug-likeness (QED) is 0.543. The van der Waals surface area contributed by atoms with Crippen LogP contribution in [-0.4, -0.2) is 30.9 Å². The summed E-state index contributed by atoms with van der Waals surface area (Å²) in [5.74, 6) is -0.601. The third-order valence-corrected chi connectivity index (χ3v) is 2.45. The number of amides is 2. The van der Waals surface area contributed by atoms with Gasteiger partial charge in [-0.05, 0) is 26.3 Å². The van der Waals surface area contributed by atoms with Crippen LogP contribution >= 0.6 is 0 Å². The maximum Gasteiger partial charge on any atom is 0.239 e. The van der Waals surface area contributed by atoms with E-state index in [0.717, 1.165) is 19.4 Å². The SMILES string of the molecule is C[C@H](NC(=O)C1CCCNC1)C(N)=O. The Labute approximate surface area is 83.4 Å². The highest BCUT2D eigenvalue weighted by atomic mass is 16.2. The minimum Gasteiger partial charge on any atom is -0.368 e. The zero-order valence-corrected chi connectivity index (χ0v) is 8.38.